The van der Waals surface area contributed by atoms with Crippen molar-refractivity contribution in [2.24, 2.45) is 0 Å². The van der Waals surface area contributed by atoms with Crippen LogP contribution in [0.4, 0.5) is 0 Å². The van der Waals surface area contributed by atoms with Gasteiger partial charge in [0.05, 0.1) is 4.90 Å². The van der Waals surface area contributed by atoms with E-state index in [1.807, 2.05) is 0 Å². The van der Waals surface area contributed by atoms with Gasteiger partial charge in [0.1, 0.15) is 15.9 Å². The molecule has 2 aromatic carbocycles. The van der Waals surface area contributed by atoms with E-state index in [4.69, 9.17) is 17.4 Å². The molecule has 0 amide bonds. The normalized spacial score (nSPS) is 10.1. The van der Waals surface area contributed by atoms with E-state index in [1.165, 1.54) is 44.2 Å². The van der Waals surface area contributed by atoms with Crippen LogP contribution in [0.5, 0.6) is 11.5 Å². The molecule has 2 rings (SSSR count). The van der Waals surface area contributed by atoms with Crippen molar-refractivity contribution in [2.75, 3.05) is 0 Å². The molecule has 2 aromatic rings. The Kier molecular flexibility index (Phi) is 21.2. The molecular formula is C22H28Na2O7S2. The van der Waals surface area contributed by atoms with E-state index in [1.54, 1.807) is 30.3 Å². The quantitative estimate of drug-likeness (QED) is 0.152. The number of benzene rings is 2. The van der Waals surface area contributed by atoms with Crippen molar-refractivity contribution < 1.29 is 89.4 Å². The van der Waals surface area contributed by atoms with Gasteiger partial charge in [-0.25, -0.2) is 8.42 Å². The molecule has 0 aliphatic heterocycles. The molecular weight excluding hydrogens is 486 g/mol. The maximum atomic E-state index is 11.6. The van der Waals surface area contributed by atoms with Crippen molar-refractivity contribution in [1.82, 2.24) is 0 Å². The van der Waals surface area contributed by atoms with Crippen molar-refractivity contribution in [3.8, 4) is 11.5 Å². The number of aryl methyl sites for hydroxylation is 1. The fourth-order valence-corrected chi connectivity index (χ4v) is 3.80. The fourth-order valence-electron chi connectivity index (χ4n) is 3.08. The van der Waals surface area contributed by atoms with Gasteiger partial charge in [-0.1, -0.05) is 51.9 Å². The van der Waals surface area contributed by atoms with E-state index < -0.39 is 20.7 Å². The average molecular weight is 515 g/mol. The Hall–Kier alpha value is -0.230. The first-order valence-electron chi connectivity index (χ1n) is 10.2. The van der Waals surface area contributed by atoms with E-state index in [-0.39, 0.29) is 64.0 Å². The van der Waals surface area contributed by atoms with Crippen LogP contribution in [0.3, 0.4) is 0 Å². The Labute approximate surface area is 243 Å². The van der Waals surface area contributed by atoms with Gasteiger partial charge in [0, 0.05) is 5.75 Å². The Morgan fingerprint density at radius 3 is 1.88 bits per heavy atom. The summed E-state index contributed by atoms with van der Waals surface area (Å²) in [5.74, 6) is 1.17. The molecule has 0 aliphatic carbocycles. The van der Waals surface area contributed by atoms with Crippen LogP contribution in [0.2, 0.25) is 0 Å². The molecule has 172 valence electrons. The van der Waals surface area contributed by atoms with Crippen molar-refractivity contribution in [3.05, 3.63) is 54.1 Å². The van der Waals surface area contributed by atoms with Crippen LogP contribution in [0.1, 0.15) is 63.9 Å². The summed E-state index contributed by atoms with van der Waals surface area (Å²) in [5, 5.41) is 0. The van der Waals surface area contributed by atoms with E-state index >= 15 is 0 Å². The summed E-state index contributed by atoms with van der Waals surface area (Å²) in [6, 6.07) is 14.5. The molecule has 0 atom stereocenters. The number of ether oxygens (including phenoxy) is 1. The third kappa shape index (κ3) is 16.9. The Morgan fingerprint density at radius 1 is 0.848 bits per heavy atom. The first-order valence-corrected chi connectivity index (χ1v) is 12.6. The molecule has 0 aliphatic rings. The second-order valence-electron chi connectivity index (χ2n) is 6.99. The van der Waals surface area contributed by atoms with Gasteiger partial charge in [-0.2, -0.15) is 18.2 Å². The SMILES string of the molecule is CCCCCCCCCCc1cc(Oc2cc[c-]cc2)ccc1S(=O)(=O)[O-].O=S(=O)=O.[Na+].[Na+]. The maximum absolute atomic E-state index is 11.6. The summed E-state index contributed by atoms with van der Waals surface area (Å²) in [4.78, 5) is -0.140. The van der Waals surface area contributed by atoms with Crippen molar-refractivity contribution in [3.63, 3.8) is 0 Å². The van der Waals surface area contributed by atoms with Crippen molar-refractivity contribution >= 4 is 20.7 Å². The minimum absolute atomic E-state index is 0. The summed E-state index contributed by atoms with van der Waals surface area (Å²) in [6.45, 7) is 2.20. The maximum Gasteiger partial charge on any atom is 1.00 e. The average Bonchev–Trinajstić information content (AvgIpc) is 2.69. The van der Waals surface area contributed by atoms with Crippen molar-refractivity contribution in [1.29, 1.82) is 0 Å². The second-order valence-corrected chi connectivity index (χ2v) is 8.75. The van der Waals surface area contributed by atoms with Crippen LogP contribution in [0, 0.1) is 6.07 Å². The van der Waals surface area contributed by atoms with Crippen molar-refractivity contribution in [2.45, 2.75) is 69.6 Å². The predicted molar refractivity (Wildman–Crippen MR) is 116 cm³/mol. The molecule has 0 heterocycles. The van der Waals surface area contributed by atoms with Crippen LogP contribution in [-0.2, 0) is 27.1 Å². The van der Waals surface area contributed by atoms with Gasteiger partial charge < -0.3 is 9.29 Å². The summed E-state index contributed by atoms with van der Waals surface area (Å²) >= 11 is 0. The Morgan fingerprint density at radius 2 is 1.36 bits per heavy atom. The largest absolute Gasteiger partial charge is 1.00 e. The van der Waals surface area contributed by atoms with Gasteiger partial charge in [-0.3, -0.25) is 0 Å². The number of unbranched alkanes of at least 4 members (excludes halogenated alkanes) is 7. The molecule has 33 heavy (non-hydrogen) atoms. The third-order valence-corrected chi connectivity index (χ3v) is 5.46. The van der Waals surface area contributed by atoms with E-state index in [2.05, 4.69) is 13.0 Å². The van der Waals surface area contributed by atoms with Crippen LogP contribution < -0.4 is 63.9 Å². The van der Waals surface area contributed by atoms with E-state index in [9.17, 15) is 13.0 Å². The zero-order chi connectivity index (χ0) is 23.1. The van der Waals surface area contributed by atoms with Gasteiger partial charge in [-0.05, 0) is 36.6 Å². The molecule has 0 N–H and O–H groups in total. The number of hydrogen-bond acceptors (Lipinski definition) is 7. The number of rotatable bonds is 12. The van der Waals surface area contributed by atoms with Gasteiger partial charge in [-0.15, -0.1) is 24.8 Å². The molecule has 0 spiro atoms. The van der Waals surface area contributed by atoms with E-state index in [0.717, 1.165) is 19.3 Å². The Balaban J connectivity index is 0. The van der Waals surface area contributed by atoms with Crippen LogP contribution in [0.25, 0.3) is 0 Å². The molecule has 7 nitrogen and oxygen atoms in total. The van der Waals surface area contributed by atoms with Crippen LogP contribution in [0.15, 0.2) is 47.4 Å². The van der Waals surface area contributed by atoms with Crippen LogP contribution in [-0.4, -0.2) is 25.6 Å². The third-order valence-electron chi connectivity index (χ3n) is 4.52. The summed E-state index contributed by atoms with van der Waals surface area (Å²) in [6.07, 6.45) is 9.87. The minimum Gasteiger partial charge on any atom is -0.744 e. The molecule has 0 aromatic heterocycles. The molecule has 0 saturated carbocycles. The monoisotopic (exact) mass is 514 g/mol. The smallest absolute Gasteiger partial charge is 0.744 e. The second kappa shape index (κ2) is 20.0. The zero-order valence-corrected chi connectivity index (χ0v) is 25.2. The summed E-state index contributed by atoms with van der Waals surface area (Å²) in [5.41, 5.74) is 0.538. The molecule has 0 bridgehead atoms. The topological polar surface area (TPSA) is 118 Å². The first kappa shape index (κ1) is 34.9. The van der Waals surface area contributed by atoms with Gasteiger partial charge in [0.25, 0.3) is 0 Å². The summed E-state index contributed by atoms with van der Waals surface area (Å²) < 4.78 is 65.8. The summed E-state index contributed by atoms with van der Waals surface area (Å²) in [7, 11) is -7.60. The first-order chi connectivity index (χ1) is 14.7. The molecule has 11 heteroatoms. The fraction of sp³-hybridized carbons (Fsp3) is 0.455. The van der Waals surface area contributed by atoms with Crippen LogP contribution >= 0.6 is 0 Å². The van der Waals surface area contributed by atoms with E-state index in [0.29, 0.717) is 23.5 Å². The predicted octanol–water partition coefficient (Wildman–Crippen LogP) is -1.13. The minimum atomic E-state index is -4.49. The van der Waals surface area contributed by atoms with Gasteiger partial charge >= 0.3 is 69.7 Å². The standard InChI is InChI=1S/C22H29O4S.2Na.O3S/c1-2-3-4-5-6-7-8-10-13-19-18-21(16-17-22(19)27(23,24)25)26-20-14-11-9-12-15-20;;;1-4(2)3/h11-12,14-18H,2-8,10,13H2,1H3,(H,23,24,25);;;/q-1;2*+1;/p-1. The molecule has 0 saturated heterocycles. The number of hydrogen-bond donors (Lipinski definition) is 0. The molecule has 0 fully saturated rings. The van der Waals surface area contributed by atoms with Gasteiger partial charge in [0.2, 0.25) is 0 Å². The molecule has 0 radical (unpaired) electrons. The zero-order valence-electron chi connectivity index (χ0n) is 19.6. The molecule has 0 unspecified atom stereocenters. The Bertz CT molecular complexity index is 991. The van der Waals surface area contributed by atoms with Gasteiger partial charge in [0.15, 0.2) is 0 Å².